The predicted octanol–water partition coefficient (Wildman–Crippen LogP) is 3.58. The first kappa shape index (κ1) is 23.4. The smallest absolute Gasteiger partial charge is 0.253 e. The van der Waals surface area contributed by atoms with Gasteiger partial charge in [0.05, 0.1) is 0 Å². The molecule has 2 aromatic rings. The van der Waals surface area contributed by atoms with Crippen molar-refractivity contribution in [3.63, 3.8) is 0 Å². The van der Waals surface area contributed by atoms with E-state index in [2.05, 4.69) is 10.6 Å². The number of nitrogens with zero attached hydrogens (tertiary/aromatic N) is 2. The number of benzene rings is 1. The van der Waals surface area contributed by atoms with Crippen LogP contribution in [0.25, 0.3) is 0 Å². The van der Waals surface area contributed by atoms with Gasteiger partial charge in [-0.1, -0.05) is 59.1 Å². The van der Waals surface area contributed by atoms with E-state index in [-0.39, 0.29) is 23.3 Å². The zero-order valence-corrected chi connectivity index (χ0v) is 20.4. The summed E-state index contributed by atoms with van der Waals surface area (Å²) in [5.74, 6) is 0.108. The van der Waals surface area contributed by atoms with Gasteiger partial charge in [-0.25, -0.2) is 0 Å². The third-order valence-corrected chi connectivity index (χ3v) is 7.06. The summed E-state index contributed by atoms with van der Waals surface area (Å²) in [7, 11) is 0. The molecule has 0 saturated carbocycles. The van der Waals surface area contributed by atoms with E-state index in [4.69, 9.17) is 47.0 Å². The monoisotopic (exact) mass is 512 g/mol. The van der Waals surface area contributed by atoms with Crippen LogP contribution in [-0.4, -0.2) is 43.5 Å². The Hall–Kier alpha value is -1.80. The Bertz CT molecular complexity index is 1100. The van der Waals surface area contributed by atoms with Crippen molar-refractivity contribution in [1.82, 2.24) is 20.1 Å². The molecule has 1 saturated heterocycles. The summed E-state index contributed by atoms with van der Waals surface area (Å²) < 4.78 is 0.0349. The number of amides is 1. The Morgan fingerprint density at radius 3 is 2.56 bits per heavy atom. The summed E-state index contributed by atoms with van der Waals surface area (Å²) in [6.45, 7) is 3.82. The maximum Gasteiger partial charge on any atom is 0.253 e. The van der Waals surface area contributed by atoms with Crippen LogP contribution in [0.5, 0.6) is 0 Å². The molecule has 1 aromatic carbocycles. The molecule has 1 amide bonds. The molecular formula is C22H23Cl3N4O2S. The van der Waals surface area contributed by atoms with Crippen LogP contribution in [0.15, 0.2) is 47.3 Å². The fraction of sp³-hybridized carbons (Fsp3) is 0.409. The number of alkyl halides is 3. The molecule has 0 aliphatic carbocycles. The maximum atomic E-state index is 12.8. The zero-order valence-electron chi connectivity index (χ0n) is 17.4. The van der Waals surface area contributed by atoms with Gasteiger partial charge in [0.2, 0.25) is 3.79 Å². The van der Waals surface area contributed by atoms with Gasteiger partial charge in [0, 0.05) is 42.9 Å². The predicted molar refractivity (Wildman–Crippen MR) is 132 cm³/mol. The number of hydrogen-bond donors (Lipinski definition) is 2. The number of aryl methyl sites for hydroxylation is 1. The van der Waals surface area contributed by atoms with Crippen LogP contribution in [0.3, 0.4) is 0 Å². The van der Waals surface area contributed by atoms with E-state index in [9.17, 15) is 9.59 Å². The number of piperidine rings is 1. The summed E-state index contributed by atoms with van der Waals surface area (Å²) in [4.78, 5) is 27.1. The fourth-order valence-electron chi connectivity index (χ4n) is 4.51. The summed E-state index contributed by atoms with van der Waals surface area (Å²) >= 11 is 24.1. The average molecular weight is 514 g/mol. The SMILES string of the molecule is Cc1ccccc1C(=O)NC(NC(=S)N1C[C@H]2C[C@H](C1)c1cccc(=O)n1C2)C(Cl)(Cl)Cl. The van der Waals surface area contributed by atoms with Crippen LogP contribution >= 0.6 is 47.0 Å². The lowest BCUT2D eigenvalue weighted by Gasteiger charge is -2.44. The highest BCUT2D eigenvalue weighted by atomic mass is 35.6. The van der Waals surface area contributed by atoms with Gasteiger partial charge in [-0.2, -0.15) is 0 Å². The number of carbonyl (C=O) groups excluding carboxylic acids is 1. The lowest BCUT2D eigenvalue weighted by atomic mass is 9.83. The summed E-state index contributed by atoms with van der Waals surface area (Å²) in [5, 5.41) is 6.18. The number of pyridine rings is 1. The lowest BCUT2D eigenvalue weighted by Crippen LogP contribution is -2.60. The molecular weight excluding hydrogens is 491 g/mol. The number of likely N-dealkylation sites (tertiary alicyclic amines) is 1. The molecule has 2 aliphatic heterocycles. The van der Waals surface area contributed by atoms with Crippen LogP contribution in [0.2, 0.25) is 0 Å². The van der Waals surface area contributed by atoms with Crippen molar-refractivity contribution in [3.05, 3.63) is 69.6 Å². The summed E-state index contributed by atoms with van der Waals surface area (Å²) in [6, 6.07) is 12.6. The molecule has 2 bridgehead atoms. The van der Waals surface area contributed by atoms with E-state index >= 15 is 0 Å². The Morgan fingerprint density at radius 2 is 1.84 bits per heavy atom. The quantitative estimate of drug-likeness (QED) is 0.373. The Balaban J connectivity index is 1.48. The number of rotatable bonds is 3. The molecule has 3 atom stereocenters. The first-order valence-electron chi connectivity index (χ1n) is 10.3. The van der Waals surface area contributed by atoms with Crippen LogP contribution in [-0.2, 0) is 6.54 Å². The second-order valence-electron chi connectivity index (χ2n) is 8.32. The van der Waals surface area contributed by atoms with E-state index in [1.165, 1.54) is 0 Å². The molecule has 6 nitrogen and oxygen atoms in total. The molecule has 32 heavy (non-hydrogen) atoms. The number of halogens is 3. The summed E-state index contributed by atoms with van der Waals surface area (Å²) in [5.41, 5.74) is 2.36. The molecule has 1 unspecified atom stereocenters. The van der Waals surface area contributed by atoms with Crippen LogP contribution in [0.1, 0.15) is 34.0 Å². The van der Waals surface area contributed by atoms with E-state index in [1.807, 2.05) is 34.6 Å². The van der Waals surface area contributed by atoms with Gasteiger partial charge in [-0.3, -0.25) is 9.59 Å². The number of nitrogens with one attached hydrogen (secondary N) is 2. The van der Waals surface area contributed by atoms with Crippen LogP contribution in [0.4, 0.5) is 0 Å². The second kappa shape index (κ2) is 9.21. The molecule has 4 rings (SSSR count). The number of thiocarbonyl (C=S) groups is 1. The van der Waals surface area contributed by atoms with Crippen molar-refractivity contribution >= 4 is 58.0 Å². The Morgan fingerprint density at radius 1 is 1.09 bits per heavy atom. The van der Waals surface area contributed by atoms with Crippen molar-refractivity contribution in [2.75, 3.05) is 13.1 Å². The Labute approximate surface area is 206 Å². The molecule has 0 spiro atoms. The van der Waals surface area contributed by atoms with E-state index in [0.717, 1.165) is 17.7 Å². The minimum atomic E-state index is -1.83. The first-order valence-corrected chi connectivity index (χ1v) is 11.9. The number of aromatic nitrogens is 1. The van der Waals surface area contributed by atoms with E-state index in [0.29, 0.717) is 30.3 Å². The van der Waals surface area contributed by atoms with E-state index < -0.39 is 9.96 Å². The number of fused-ring (bicyclic) bond motifs is 4. The third-order valence-electron chi connectivity index (χ3n) is 6.03. The highest BCUT2D eigenvalue weighted by Gasteiger charge is 2.39. The highest BCUT2D eigenvalue weighted by Crippen LogP contribution is 2.35. The van der Waals surface area contributed by atoms with E-state index in [1.54, 1.807) is 24.3 Å². The topological polar surface area (TPSA) is 66.4 Å². The van der Waals surface area contributed by atoms with Gasteiger partial charge < -0.3 is 20.1 Å². The van der Waals surface area contributed by atoms with Crippen LogP contribution < -0.4 is 16.2 Å². The van der Waals surface area contributed by atoms with Gasteiger partial charge in [-0.05, 0) is 49.2 Å². The molecule has 2 aliphatic rings. The number of hydrogen-bond acceptors (Lipinski definition) is 3. The normalized spacial score (nSPS) is 20.8. The second-order valence-corrected chi connectivity index (χ2v) is 11.1. The van der Waals surface area contributed by atoms with Crippen molar-refractivity contribution in [2.24, 2.45) is 5.92 Å². The third kappa shape index (κ3) is 4.91. The maximum absolute atomic E-state index is 12.8. The standard InChI is InChI=1S/C22H23Cl3N4O2S/c1-13-5-2-3-6-16(13)19(31)26-20(22(23,24)25)27-21(32)28-10-14-9-15(12-28)17-7-4-8-18(30)29(17)11-14/h2-8,14-15,20H,9-12H2,1H3,(H,26,31)(H,27,32)/t14-,15-,20?/m1/s1. The average Bonchev–Trinajstić information content (AvgIpc) is 2.73. The van der Waals surface area contributed by atoms with Crippen LogP contribution in [0, 0.1) is 12.8 Å². The lowest BCUT2D eigenvalue weighted by molar-refractivity contribution is 0.0932. The van der Waals surface area contributed by atoms with Crippen molar-refractivity contribution in [2.45, 2.75) is 35.8 Å². The zero-order chi connectivity index (χ0) is 23.0. The molecule has 1 fully saturated rings. The largest absolute Gasteiger partial charge is 0.348 e. The molecule has 3 heterocycles. The first-order chi connectivity index (χ1) is 15.1. The number of carbonyl (C=O) groups is 1. The van der Waals surface area contributed by atoms with Crippen molar-refractivity contribution in [1.29, 1.82) is 0 Å². The van der Waals surface area contributed by atoms with Gasteiger partial charge in [-0.15, -0.1) is 0 Å². The van der Waals surface area contributed by atoms with Crippen molar-refractivity contribution in [3.8, 4) is 0 Å². The Kier molecular flexibility index (Phi) is 6.73. The molecule has 1 aromatic heterocycles. The minimum absolute atomic E-state index is 0.0292. The molecule has 170 valence electrons. The van der Waals surface area contributed by atoms with Gasteiger partial charge in [0.1, 0.15) is 6.17 Å². The van der Waals surface area contributed by atoms with Gasteiger partial charge in [0.25, 0.3) is 11.5 Å². The fourth-order valence-corrected chi connectivity index (χ4v) is 5.11. The summed E-state index contributed by atoms with van der Waals surface area (Å²) in [6.07, 6.45) is -0.0238. The highest BCUT2D eigenvalue weighted by molar-refractivity contribution is 7.80. The van der Waals surface area contributed by atoms with Gasteiger partial charge in [0.15, 0.2) is 5.11 Å². The molecule has 10 heteroatoms. The molecule has 0 radical (unpaired) electrons. The van der Waals surface area contributed by atoms with Gasteiger partial charge >= 0.3 is 0 Å². The minimum Gasteiger partial charge on any atom is -0.348 e. The van der Waals surface area contributed by atoms with Crippen molar-refractivity contribution < 1.29 is 4.79 Å². The molecule has 2 N–H and O–H groups in total.